The Hall–Kier alpha value is -2.20. The number of rotatable bonds is 5. The maximum Gasteiger partial charge on any atom is 0.230 e. The molecule has 0 radical (unpaired) electrons. The third-order valence-corrected chi connectivity index (χ3v) is 7.20. The number of furan rings is 1. The largest absolute Gasteiger partial charge is 0.492 e. The summed E-state index contributed by atoms with van der Waals surface area (Å²) >= 11 is 5.01. The summed E-state index contributed by atoms with van der Waals surface area (Å²) in [5.41, 5.74) is 1.15. The van der Waals surface area contributed by atoms with Crippen LogP contribution in [0.2, 0.25) is 0 Å². The van der Waals surface area contributed by atoms with Gasteiger partial charge in [-0.05, 0) is 36.4 Å². The number of nitrogens with zero attached hydrogens (tertiary/aromatic N) is 5. The molecule has 0 spiro atoms. The zero-order valence-electron chi connectivity index (χ0n) is 16.5. The Bertz CT molecular complexity index is 1130. The lowest BCUT2D eigenvalue weighted by atomic mass is 10.0. The number of halogens is 1. The summed E-state index contributed by atoms with van der Waals surface area (Å²) in [6.07, 6.45) is 1.59. The molecule has 7 nitrogen and oxygen atoms in total. The van der Waals surface area contributed by atoms with Crippen molar-refractivity contribution in [3.05, 3.63) is 57.6 Å². The van der Waals surface area contributed by atoms with Gasteiger partial charge in [0.25, 0.3) is 0 Å². The standard InChI is InChI=1S/C21H22BrN5O2S/c1-2-25-9-11-26(12-10-25)17(14-5-7-15(22)8-6-14)18-20(28)27-21(30-18)23-19(24-27)16-4-3-13-29-16/h3-8,13,17,28H,2,9-12H2,1H3. The van der Waals surface area contributed by atoms with Gasteiger partial charge in [-0.25, -0.2) is 0 Å². The van der Waals surface area contributed by atoms with E-state index in [0.717, 1.165) is 47.6 Å². The van der Waals surface area contributed by atoms with Gasteiger partial charge in [0.05, 0.1) is 17.2 Å². The normalized spacial score (nSPS) is 17.0. The third-order valence-electron chi connectivity index (χ3n) is 5.59. The van der Waals surface area contributed by atoms with Crippen LogP contribution in [0.4, 0.5) is 0 Å². The van der Waals surface area contributed by atoms with Crippen LogP contribution in [0, 0.1) is 0 Å². The number of fused-ring (bicyclic) bond motifs is 1. The second kappa shape index (κ2) is 8.14. The Morgan fingerprint density at radius 3 is 2.57 bits per heavy atom. The molecule has 0 saturated carbocycles. The zero-order chi connectivity index (χ0) is 20.7. The third kappa shape index (κ3) is 3.56. The van der Waals surface area contributed by atoms with Crippen molar-refractivity contribution < 1.29 is 9.52 Å². The highest BCUT2D eigenvalue weighted by atomic mass is 79.9. The van der Waals surface area contributed by atoms with E-state index in [9.17, 15) is 5.11 Å². The van der Waals surface area contributed by atoms with E-state index < -0.39 is 0 Å². The van der Waals surface area contributed by atoms with Gasteiger partial charge in [0.15, 0.2) is 5.76 Å². The molecule has 1 atom stereocenters. The molecule has 0 aliphatic carbocycles. The molecule has 4 heterocycles. The molecule has 3 aromatic heterocycles. The second-order valence-electron chi connectivity index (χ2n) is 7.32. The van der Waals surface area contributed by atoms with Gasteiger partial charge in [-0.1, -0.05) is 46.3 Å². The van der Waals surface area contributed by atoms with Crippen molar-refractivity contribution >= 4 is 32.2 Å². The van der Waals surface area contributed by atoms with Crippen molar-refractivity contribution in [2.45, 2.75) is 13.0 Å². The van der Waals surface area contributed by atoms with E-state index in [2.05, 4.69) is 54.9 Å². The first kappa shape index (κ1) is 19.7. The average molecular weight is 488 g/mol. The summed E-state index contributed by atoms with van der Waals surface area (Å²) in [4.78, 5) is 11.0. The fraction of sp³-hybridized carbons (Fsp3) is 0.333. The summed E-state index contributed by atoms with van der Waals surface area (Å²) in [5, 5.41) is 15.6. The molecule has 1 N–H and O–H groups in total. The predicted octanol–water partition coefficient (Wildman–Crippen LogP) is 4.25. The number of likely N-dealkylation sites (N-methyl/N-ethyl adjacent to an activating group) is 1. The van der Waals surface area contributed by atoms with Crippen molar-refractivity contribution in [2.24, 2.45) is 0 Å². The Morgan fingerprint density at radius 2 is 1.93 bits per heavy atom. The number of aromatic hydroxyl groups is 1. The number of hydrogen-bond acceptors (Lipinski definition) is 7. The van der Waals surface area contributed by atoms with Gasteiger partial charge in [0.1, 0.15) is 0 Å². The van der Waals surface area contributed by atoms with Gasteiger partial charge < -0.3 is 14.4 Å². The maximum absolute atomic E-state index is 11.1. The van der Waals surface area contributed by atoms with Crippen LogP contribution < -0.4 is 0 Å². The number of benzene rings is 1. The first-order valence-electron chi connectivity index (χ1n) is 9.98. The van der Waals surface area contributed by atoms with Crippen molar-refractivity contribution in [2.75, 3.05) is 32.7 Å². The van der Waals surface area contributed by atoms with Crippen LogP contribution in [0.25, 0.3) is 16.5 Å². The smallest absolute Gasteiger partial charge is 0.230 e. The molecule has 1 aliphatic heterocycles. The molecule has 1 unspecified atom stereocenters. The molecule has 1 aliphatic rings. The van der Waals surface area contributed by atoms with Crippen LogP contribution >= 0.6 is 27.3 Å². The SMILES string of the molecule is CCN1CCN(C(c2ccc(Br)cc2)c2sc3nc(-c4ccco4)nn3c2O)CC1. The van der Waals surface area contributed by atoms with Crippen LogP contribution in [-0.2, 0) is 0 Å². The highest BCUT2D eigenvalue weighted by Crippen LogP contribution is 2.41. The Labute approximate surface area is 186 Å². The van der Waals surface area contributed by atoms with Gasteiger partial charge in [-0.3, -0.25) is 4.90 Å². The van der Waals surface area contributed by atoms with E-state index in [-0.39, 0.29) is 11.9 Å². The molecule has 156 valence electrons. The molecule has 5 rings (SSSR count). The maximum atomic E-state index is 11.1. The Balaban J connectivity index is 1.55. The Morgan fingerprint density at radius 1 is 1.17 bits per heavy atom. The molecule has 9 heteroatoms. The van der Waals surface area contributed by atoms with E-state index in [1.807, 2.05) is 18.2 Å². The average Bonchev–Trinajstić information content (AvgIpc) is 3.49. The summed E-state index contributed by atoms with van der Waals surface area (Å²) in [6.45, 7) is 7.19. The van der Waals surface area contributed by atoms with Crippen LogP contribution in [0.15, 0.2) is 51.6 Å². The summed E-state index contributed by atoms with van der Waals surface area (Å²) in [6, 6.07) is 11.9. The lowest BCUT2D eigenvalue weighted by molar-refractivity contribution is 0.113. The van der Waals surface area contributed by atoms with E-state index in [1.54, 1.807) is 12.3 Å². The number of hydrogen-bond donors (Lipinski definition) is 1. The summed E-state index contributed by atoms with van der Waals surface area (Å²) < 4.78 is 7.96. The number of thiazole rings is 1. The minimum atomic E-state index is -0.0438. The summed E-state index contributed by atoms with van der Waals surface area (Å²) in [7, 11) is 0. The molecule has 4 aromatic rings. The molecule has 1 saturated heterocycles. The Kier molecular flexibility index (Phi) is 5.36. The van der Waals surface area contributed by atoms with Crippen LogP contribution in [0.3, 0.4) is 0 Å². The minimum Gasteiger partial charge on any atom is -0.492 e. The van der Waals surface area contributed by atoms with Crippen molar-refractivity contribution in [1.82, 2.24) is 24.4 Å². The number of aromatic nitrogens is 3. The fourth-order valence-electron chi connectivity index (χ4n) is 3.95. The number of piperazine rings is 1. The molecule has 30 heavy (non-hydrogen) atoms. The van der Waals surface area contributed by atoms with Gasteiger partial charge in [-0.15, -0.1) is 5.10 Å². The lowest BCUT2D eigenvalue weighted by Gasteiger charge is -2.38. The predicted molar refractivity (Wildman–Crippen MR) is 120 cm³/mol. The van der Waals surface area contributed by atoms with E-state index in [0.29, 0.717) is 16.5 Å². The van der Waals surface area contributed by atoms with Crippen LogP contribution in [-0.4, -0.2) is 62.2 Å². The van der Waals surface area contributed by atoms with Crippen molar-refractivity contribution in [3.63, 3.8) is 0 Å². The van der Waals surface area contributed by atoms with Gasteiger partial charge in [0, 0.05) is 30.7 Å². The van der Waals surface area contributed by atoms with Gasteiger partial charge in [0.2, 0.25) is 16.7 Å². The van der Waals surface area contributed by atoms with Crippen LogP contribution in [0.1, 0.15) is 23.4 Å². The quantitative estimate of drug-likeness (QED) is 0.453. The first-order valence-corrected chi connectivity index (χ1v) is 11.6. The van der Waals surface area contributed by atoms with Crippen molar-refractivity contribution in [1.29, 1.82) is 0 Å². The molecule has 1 aromatic carbocycles. The molecule has 1 fully saturated rings. The highest BCUT2D eigenvalue weighted by molar-refractivity contribution is 9.10. The van der Waals surface area contributed by atoms with Gasteiger partial charge in [-0.2, -0.15) is 9.50 Å². The molecule has 0 bridgehead atoms. The van der Waals surface area contributed by atoms with Crippen molar-refractivity contribution in [3.8, 4) is 17.5 Å². The van der Waals surface area contributed by atoms with Crippen LogP contribution in [0.5, 0.6) is 5.88 Å². The van der Waals surface area contributed by atoms with E-state index in [4.69, 9.17) is 4.42 Å². The van der Waals surface area contributed by atoms with E-state index >= 15 is 0 Å². The monoisotopic (exact) mass is 487 g/mol. The zero-order valence-corrected chi connectivity index (χ0v) is 18.9. The fourth-order valence-corrected chi connectivity index (χ4v) is 5.33. The first-order chi connectivity index (χ1) is 14.6. The second-order valence-corrected chi connectivity index (χ2v) is 9.25. The lowest BCUT2D eigenvalue weighted by Crippen LogP contribution is -2.47. The van der Waals surface area contributed by atoms with E-state index in [1.165, 1.54) is 15.9 Å². The van der Waals surface area contributed by atoms with Gasteiger partial charge >= 0.3 is 0 Å². The molecule has 0 amide bonds. The molecular weight excluding hydrogens is 466 g/mol. The topological polar surface area (TPSA) is 70.0 Å². The minimum absolute atomic E-state index is 0.0438. The summed E-state index contributed by atoms with van der Waals surface area (Å²) in [5.74, 6) is 1.21. The molecular formula is C21H22BrN5O2S. The highest BCUT2D eigenvalue weighted by Gasteiger charge is 2.31.